The maximum absolute atomic E-state index is 6.29. The second-order valence-corrected chi connectivity index (χ2v) is 7.98. The molecule has 2 nitrogen and oxygen atoms in total. The van der Waals surface area contributed by atoms with E-state index in [1.807, 2.05) is 12.1 Å². The summed E-state index contributed by atoms with van der Waals surface area (Å²) >= 11 is 13.9. The molecule has 2 N–H and O–H groups in total. The van der Waals surface area contributed by atoms with Crippen molar-refractivity contribution in [2.24, 2.45) is 11.1 Å². The van der Waals surface area contributed by atoms with Crippen LogP contribution in [0.15, 0.2) is 18.2 Å². The molecule has 1 aliphatic carbocycles. The molecule has 0 saturated heterocycles. The molecule has 20 heavy (non-hydrogen) atoms. The molecule has 0 saturated carbocycles. The summed E-state index contributed by atoms with van der Waals surface area (Å²) in [5.74, 6) is 0. The van der Waals surface area contributed by atoms with Gasteiger partial charge in [-0.15, -0.1) is 11.3 Å². The summed E-state index contributed by atoms with van der Waals surface area (Å²) in [4.78, 5) is 5.97. The molecule has 0 aliphatic heterocycles. The average molecular weight is 327 g/mol. The Hall–Kier alpha value is -0.610. The van der Waals surface area contributed by atoms with Gasteiger partial charge in [-0.05, 0) is 36.5 Å². The number of thiazole rings is 1. The van der Waals surface area contributed by atoms with Crippen molar-refractivity contribution in [3.05, 3.63) is 38.8 Å². The molecule has 1 aromatic carbocycles. The fourth-order valence-corrected chi connectivity index (χ4v) is 4.45. The molecule has 0 spiro atoms. The van der Waals surface area contributed by atoms with Crippen molar-refractivity contribution in [2.45, 2.75) is 32.7 Å². The maximum Gasteiger partial charge on any atom is 0.125 e. The molecule has 2 aromatic rings. The minimum atomic E-state index is 0.0751. The van der Waals surface area contributed by atoms with Gasteiger partial charge < -0.3 is 5.73 Å². The Morgan fingerprint density at radius 2 is 2.10 bits per heavy atom. The summed E-state index contributed by atoms with van der Waals surface area (Å²) < 4.78 is 0. The Morgan fingerprint density at radius 3 is 2.80 bits per heavy atom. The predicted octanol–water partition coefficient (Wildman–Crippen LogP) is 5.09. The minimum absolute atomic E-state index is 0.0751. The van der Waals surface area contributed by atoms with Crippen molar-refractivity contribution in [3.63, 3.8) is 0 Å². The standard InChI is InChI=1S/C15H16Cl2N2S/c1-15(2)6-11(18)13-12(7-15)19-14(20-13)9-4-3-8(16)5-10(9)17/h3-5,11H,6-7,18H2,1-2H3. The average Bonchev–Trinajstić information content (AvgIpc) is 2.70. The van der Waals surface area contributed by atoms with Crippen LogP contribution in [0.4, 0.5) is 0 Å². The molecule has 3 rings (SSSR count). The molecular formula is C15H16Cl2N2S. The van der Waals surface area contributed by atoms with Gasteiger partial charge in [-0.25, -0.2) is 4.98 Å². The fraction of sp³-hybridized carbons (Fsp3) is 0.400. The fourth-order valence-electron chi connectivity index (χ4n) is 2.77. The SMILES string of the molecule is CC1(C)Cc2nc(-c3ccc(Cl)cc3Cl)sc2C(N)C1. The van der Waals surface area contributed by atoms with Gasteiger partial charge in [-0.3, -0.25) is 0 Å². The Balaban J connectivity index is 2.06. The van der Waals surface area contributed by atoms with E-state index in [-0.39, 0.29) is 11.5 Å². The van der Waals surface area contributed by atoms with E-state index in [1.54, 1.807) is 17.4 Å². The molecule has 0 radical (unpaired) electrons. The van der Waals surface area contributed by atoms with E-state index in [1.165, 1.54) is 4.88 Å². The zero-order valence-electron chi connectivity index (χ0n) is 11.4. The number of rotatable bonds is 1. The third-order valence-corrected chi connectivity index (χ3v) is 5.46. The highest BCUT2D eigenvalue weighted by Gasteiger charge is 2.33. The molecule has 1 atom stereocenters. The normalized spacial score (nSPS) is 20.8. The van der Waals surface area contributed by atoms with Crippen molar-refractivity contribution < 1.29 is 0 Å². The Morgan fingerprint density at radius 1 is 1.35 bits per heavy atom. The van der Waals surface area contributed by atoms with Crippen LogP contribution < -0.4 is 5.73 Å². The lowest BCUT2D eigenvalue weighted by atomic mass is 9.77. The van der Waals surface area contributed by atoms with Crippen molar-refractivity contribution >= 4 is 34.5 Å². The van der Waals surface area contributed by atoms with E-state index >= 15 is 0 Å². The number of hydrogen-bond donors (Lipinski definition) is 1. The van der Waals surface area contributed by atoms with E-state index < -0.39 is 0 Å². The largest absolute Gasteiger partial charge is 0.323 e. The molecule has 1 heterocycles. The van der Waals surface area contributed by atoms with Crippen molar-refractivity contribution in [3.8, 4) is 10.6 Å². The van der Waals surface area contributed by atoms with E-state index in [4.69, 9.17) is 33.9 Å². The van der Waals surface area contributed by atoms with Crippen LogP contribution in [0.1, 0.15) is 36.9 Å². The number of aromatic nitrogens is 1. The van der Waals surface area contributed by atoms with E-state index in [0.717, 1.165) is 29.1 Å². The first-order valence-electron chi connectivity index (χ1n) is 6.56. The highest BCUT2D eigenvalue weighted by Crippen LogP contribution is 2.44. The number of nitrogens with zero attached hydrogens (tertiary/aromatic N) is 1. The molecule has 1 unspecified atom stereocenters. The number of nitrogens with two attached hydrogens (primary N) is 1. The van der Waals surface area contributed by atoms with Crippen molar-refractivity contribution in [2.75, 3.05) is 0 Å². The quantitative estimate of drug-likeness (QED) is 0.792. The van der Waals surface area contributed by atoms with Crippen molar-refractivity contribution in [1.82, 2.24) is 4.98 Å². The third-order valence-electron chi connectivity index (χ3n) is 3.64. The van der Waals surface area contributed by atoms with E-state index in [2.05, 4.69) is 13.8 Å². The van der Waals surface area contributed by atoms with Gasteiger partial charge in [0, 0.05) is 21.5 Å². The van der Waals surface area contributed by atoms with Crippen LogP contribution in [0.2, 0.25) is 10.0 Å². The first-order chi connectivity index (χ1) is 9.35. The van der Waals surface area contributed by atoms with Gasteiger partial charge in [0.05, 0.1) is 10.7 Å². The van der Waals surface area contributed by atoms with Crippen LogP contribution in [0.3, 0.4) is 0 Å². The Labute approximate surface area is 132 Å². The lowest BCUT2D eigenvalue weighted by Gasteiger charge is -2.32. The lowest BCUT2D eigenvalue weighted by molar-refractivity contribution is 0.282. The molecule has 5 heteroatoms. The topological polar surface area (TPSA) is 38.9 Å². The maximum atomic E-state index is 6.29. The Bertz CT molecular complexity index is 664. The summed E-state index contributed by atoms with van der Waals surface area (Å²) in [6.45, 7) is 4.48. The summed E-state index contributed by atoms with van der Waals surface area (Å²) in [5, 5.41) is 2.21. The van der Waals surface area contributed by atoms with Gasteiger partial charge in [-0.1, -0.05) is 37.0 Å². The first-order valence-corrected chi connectivity index (χ1v) is 8.13. The van der Waals surface area contributed by atoms with Crippen LogP contribution in [0.25, 0.3) is 10.6 Å². The number of hydrogen-bond acceptors (Lipinski definition) is 3. The zero-order chi connectivity index (χ0) is 14.5. The molecule has 0 fully saturated rings. The smallest absolute Gasteiger partial charge is 0.125 e. The summed E-state index contributed by atoms with van der Waals surface area (Å²) in [6, 6.07) is 5.59. The molecule has 0 bridgehead atoms. The molecular weight excluding hydrogens is 311 g/mol. The summed E-state index contributed by atoms with van der Waals surface area (Å²) in [7, 11) is 0. The molecule has 1 aliphatic rings. The molecule has 0 amide bonds. The van der Waals surface area contributed by atoms with E-state index in [9.17, 15) is 0 Å². The van der Waals surface area contributed by atoms with Crippen LogP contribution in [0.5, 0.6) is 0 Å². The van der Waals surface area contributed by atoms with Crippen LogP contribution in [0, 0.1) is 5.41 Å². The predicted molar refractivity (Wildman–Crippen MR) is 86.6 cm³/mol. The number of fused-ring (bicyclic) bond motifs is 1. The van der Waals surface area contributed by atoms with Gasteiger partial charge in [-0.2, -0.15) is 0 Å². The number of benzene rings is 1. The van der Waals surface area contributed by atoms with Gasteiger partial charge in [0.15, 0.2) is 0 Å². The van der Waals surface area contributed by atoms with Crippen LogP contribution >= 0.6 is 34.5 Å². The van der Waals surface area contributed by atoms with Crippen molar-refractivity contribution in [1.29, 1.82) is 0 Å². The second kappa shape index (κ2) is 4.99. The second-order valence-electron chi connectivity index (χ2n) is 6.11. The zero-order valence-corrected chi connectivity index (χ0v) is 13.7. The van der Waals surface area contributed by atoms with Gasteiger partial charge >= 0.3 is 0 Å². The highest BCUT2D eigenvalue weighted by atomic mass is 35.5. The molecule has 106 valence electrons. The van der Waals surface area contributed by atoms with Gasteiger partial charge in [0.25, 0.3) is 0 Å². The van der Waals surface area contributed by atoms with Crippen LogP contribution in [-0.4, -0.2) is 4.98 Å². The summed E-state index contributed by atoms with van der Waals surface area (Å²) in [6.07, 6.45) is 1.97. The Kier molecular flexibility index (Phi) is 3.57. The minimum Gasteiger partial charge on any atom is -0.323 e. The van der Waals surface area contributed by atoms with Crippen LogP contribution in [-0.2, 0) is 6.42 Å². The summed E-state index contributed by atoms with van der Waals surface area (Å²) in [5.41, 5.74) is 8.56. The van der Waals surface area contributed by atoms with E-state index in [0.29, 0.717) is 10.0 Å². The molecule has 1 aromatic heterocycles. The highest BCUT2D eigenvalue weighted by molar-refractivity contribution is 7.15. The van der Waals surface area contributed by atoms with Gasteiger partial charge in [0.2, 0.25) is 0 Å². The lowest BCUT2D eigenvalue weighted by Crippen LogP contribution is -2.28. The third kappa shape index (κ3) is 2.60. The number of halogens is 2. The monoisotopic (exact) mass is 326 g/mol. The first kappa shape index (κ1) is 14.3. The van der Waals surface area contributed by atoms with Gasteiger partial charge in [0.1, 0.15) is 5.01 Å².